The van der Waals surface area contributed by atoms with Crippen LogP contribution in [0.4, 0.5) is 0 Å². The standard InChI is InChI=1S/C15H22O9/c1-20-8-4-7(5-9(21-2)14(8)22-3)23-15-13(19)12(18)11(17)10(6-16)24-15/h4-5,10-13,15-19H,6H2,1-3H3/t10-,11-,12+,13-,15+/m1/s1. The van der Waals surface area contributed by atoms with Crippen molar-refractivity contribution in [1.29, 1.82) is 0 Å². The lowest BCUT2D eigenvalue weighted by Crippen LogP contribution is -2.60. The third-order valence-corrected chi connectivity index (χ3v) is 3.74. The average Bonchev–Trinajstić information content (AvgIpc) is 2.61. The lowest BCUT2D eigenvalue weighted by atomic mass is 9.99. The van der Waals surface area contributed by atoms with Gasteiger partial charge in [0.05, 0.1) is 27.9 Å². The molecule has 1 aliphatic heterocycles. The summed E-state index contributed by atoms with van der Waals surface area (Å²) in [6, 6.07) is 2.98. The Morgan fingerprint density at radius 1 is 0.917 bits per heavy atom. The number of methoxy groups -OCH3 is 3. The quantitative estimate of drug-likeness (QED) is 0.507. The second-order valence-corrected chi connectivity index (χ2v) is 5.18. The van der Waals surface area contributed by atoms with Gasteiger partial charge < -0.3 is 44.1 Å². The molecule has 0 bridgehead atoms. The molecule has 0 amide bonds. The highest BCUT2D eigenvalue weighted by Gasteiger charge is 2.44. The first-order chi connectivity index (χ1) is 11.5. The average molecular weight is 346 g/mol. The Hall–Kier alpha value is -1.78. The summed E-state index contributed by atoms with van der Waals surface area (Å²) in [5, 5.41) is 38.8. The van der Waals surface area contributed by atoms with Crippen LogP contribution in [0.2, 0.25) is 0 Å². The van der Waals surface area contributed by atoms with Gasteiger partial charge in [-0.15, -0.1) is 0 Å². The van der Waals surface area contributed by atoms with Gasteiger partial charge in [0, 0.05) is 12.1 Å². The molecular formula is C15H22O9. The number of ether oxygens (including phenoxy) is 5. The first kappa shape index (κ1) is 18.6. The van der Waals surface area contributed by atoms with E-state index in [1.165, 1.54) is 33.5 Å². The van der Waals surface area contributed by atoms with E-state index in [0.717, 1.165) is 0 Å². The lowest BCUT2D eigenvalue weighted by Gasteiger charge is -2.39. The van der Waals surface area contributed by atoms with Crippen LogP contribution >= 0.6 is 0 Å². The Kier molecular flexibility index (Phi) is 6.08. The summed E-state index contributed by atoms with van der Waals surface area (Å²) >= 11 is 0. The van der Waals surface area contributed by atoms with Crippen LogP contribution in [0.1, 0.15) is 0 Å². The molecule has 9 heteroatoms. The molecule has 1 fully saturated rings. The van der Waals surface area contributed by atoms with E-state index in [0.29, 0.717) is 17.2 Å². The van der Waals surface area contributed by atoms with Crippen molar-refractivity contribution in [2.45, 2.75) is 30.7 Å². The number of aliphatic hydroxyl groups excluding tert-OH is 4. The van der Waals surface area contributed by atoms with E-state index in [2.05, 4.69) is 0 Å². The van der Waals surface area contributed by atoms with Gasteiger partial charge in [-0.25, -0.2) is 0 Å². The molecule has 1 aromatic carbocycles. The molecule has 0 unspecified atom stereocenters. The van der Waals surface area contributed by atoms with Gasteiger partial charge in [-0.1, -0.05) is 0 Å². The minimum absolute atomic E-state index is 0.217. The van der Waals surface area contributed by atoms with E-state index >= 15 is 0 Å². The predicted octanol–water partition coefficient (Wildman–Crippen LogP) is -1.11. The second-order valence-electron chi connectivity index (χ2n) is 5.18. The normalized spacial score (nSPS) is 29.9. The maximum Gasteiger partial charge on any atom is 0.229 e. The van der Waals surface area contributed by atoms with E-state index < -0.39 is 37.3 Å². The fraction of sp³-hybridized carbons (Fsp3) is 0.600. The highest BCUT2D eigenvalue weighted by Crippen LogP contribution is 2.41. The van der Waals surface area contributed by atoms with Crippen LogP contribution < -0.4 is 18.9 Å². The van der Waals surface area contributed by atoms with Gasteiger partial charge in [0.25, 0.3) is 0 Å². The summed E-state index contributed by atoms with van der Waals surface area (Å²) in [6.07, 6.45) is -6.85. The Bertz CT molecular complexity index is 523. The van der Waals surface area contributed by atoms with Crippen LogP contribution in [0, 0.1) is 0 Å². The van der Waals surface area contributed by atoms with Crippen LogP contribution in [0.3, 0.4) is 0 Å². The number of rotatable bonds is 6. The van der Waals surface area contributed by atoms with E-state index in [1.54, 1.807) is 0 Å². The smallest absolute Gasteiger partial charge is 0.229 e. The van der Waals surface area contributed by atoms with Gasteiger partial charge >= 0.3 is 0 Å². The third kappa shape index (κ3) is 3.50. The molecule has 0 spiro atoms. The predicted molar refractivity (Wildman–Crippen MR) is 80.5 cm³/mol. The molecule has 1 aliphatic rings. The Labute approximate surface area is 138 Å². The zero-order valence-electron chi connectivity index (χ0n) is 13.6. The molecule has 0 aliphatic carbocycles. The van der Waals surface area contributed by atoms with Gasteiger partial charge in [0.2, 0.25) is 12.0 Å². The van der Waals surface area contributed by atoms with Crippen molar-refractivity contribution in [3.63, 3.8) is 0 Å². The molecule has 0 aromatic heterocycles. The number of benzene rings is 1. The van der Waals surface area contributed by atoms with Crippen molar-refractivity contribution in [1.82, 2.24) is 0 Å². The van der Waals surface area contributed by atoms with E-state index in [4.69, 9.17) is 23.7 Å². The monoisotopic (exact) mass is 346 g/mol. The Morgan fingerprint density at radius 2 is 1.50 bits per heavy atom. The topological polar surface area (TPSA) is 127 Å². The van der Waals surface area contributed by atoms with Crippen LogP contribution in [0.25, 0.3) is 0 Å². The van der Waals surface area contributed by atoms with Crippen molar-refractivity contribution in [3.05, 3.63) is 12.1 Å². The van der Waals surface area contributed by atoms with E-state index in [9.17, 15) is 20.4 Å². The summed E-state index contributed by atoms with van der Waals surface area (Å²) in [7, 11) is 4.34. The van der Waals surface area contributed by atoms with Gasteiger partial charge in [0.15, 0.2) is 11.5 Å². The number of hydrogen-bond donors (Lipinski definition) is 4. The van der Waals surface area contributed by atoms with Crippen molar-refractivity contribution >= 4 is 0 Å². The van der Waals surface area contributed by atoms with Gasteiger partial charge in [-0.2, -0.15) is 0 Å². The molecule has 1 saturated heterocycles. The molecular weight excluding hydrogens is 324 g/mol. The molecule has 0 saturated carbocycles. The van der Waals surface area contributed by atoms with Crippen LogP contribution in [-0.4, -0.2) is 79.1 Å². The number of hydrogen-bond acceptors (Lipinski definition) is 9. The van der Waals surface area contributed by atoms with Gasteiger partial charge in [-0.3, -0.25) is 0 Å². The fourth-order valence-electron chi connectivity index (χ4n) is 2.42. The molecule has 24 heavy (non-hydrogen) atoms. The highest BCUT2D eigenvalue weighted by molar-refractivity contribution is 5.55. The largest absolute Gasteiger partial charge is 0.493 e. The molecule has 4 N–H and O–H groups in total. The minimum Gasteiger partial charge on any atom is -0.493 e. The molecule has 136 valence electrons. The first-order valence-electron chi connectivity index (χ1n) is 7.24. The zero-order chi connectivity index (χ0) is 17.9. The highest BCUT2D eigenvalue weighted by atomic mass is 16.7. The fourth-order valence-corrected chi connectivity index (χ4v) is 2.42. The van der Waals surface area contributed by atoms with Gasteiger partial charge in [0.1, 0.15) is 30.2 Å². The molecule has 1 aromatic rings. The summed E-state index contributed by atoms with van der Waals surface area (Å²) in [5.74, 6) is 1.24. The molecule has 2 rings (SSSR count). The van der Waals surface area contributed by atoms with Crippen molar-refractivity contribution < 1.29 is 44.1 Å². The number of aliphatic hydroxyl groups is 4. The maximum absolute atomic E-state index is 10.0. The van der Waals surface area contributed by atoms with Crippen molar-refractivity contribution in [3.8, 4) is 23.0 Å². The summed E-state index contributed by atoms with van der Waals surface area (Å²) < 4.78 is 26.4. The SMILES string of the molecule is COc1cc(O[C@H]2O[C@H](CO)[C@@H](O)[C@H](O)[C@H]2O)cc(OC)c1OC. The van der Waals surface area contributed by atoms with Crippen molar-refractivity contribution in [2.24, 2.45) is 0 Å². The van der Waals surface area contributed by atoms with E-state index in [-0.39, 0.29) is 5.75 Å². The van der Waals surface area contributed by atoms with Crippen LogP contribution in [0.5, 0.6) is 23.0 Å². The molecule has 5 atom stereocenters. The molecule has 0 radical (unpaired) electrons. The Morgan fingerprint density at radius 3 is 1.96 bits per heavy atom. The second kappa shape index (κ2) is 7.86. The zero-order valence-corrected chi connectivity index (χ0v) is 13.6. The Balaban J connectivity index is 2.26. The third-order valence-electron chi connectivity index (χ3n) is 3.74. The summed E-state index contributed by atoms with van der Waals surface area (Å²) in [5.41, 5.74) is 0. The maximum atomic E-state index is 10.0. The summed E-state index contributed by atoms with van der Waals surface area (Å²) in [6.45, 7) is -0.542. The summed E-state index contributed by atoms with van der Waals surface area (Å²) in [4.78, 5) is 0. The van der Waals surface area contributed by atoms with E-state index in [1.807, 2.05) is 0 Å². The van der Waals surface area contributed by atoms with Crippen molar-refractivity contribution in [2.75, 3.05) is 27.9 Å². The van der Waals surface area contributed by atoms with Crippen LogP contribution in [-0.2, 0) is 4.74 Å². The van der Waals surface area contributed by atoms with Crippen LogP contribution in [0.15, 0.2) is 12.1 Å². The van der Waals surface area contributed by atoms with Gasteiger partial charge in [-0.05, 0) is 0 Å². The lowest BCUT2D eigenvalue weighted by molar-refractivity contribution is -0.277. The molecule has 1 heterocycles. The molecule has 9 nitrogen and oxygen atoms in total. The minimum atomic E-state index is -1.53. The first-order valence-corrected chi connectivity index (χ1v) is 7.24.